The molecule has 0 spiro atoms. The van der Waals surface area contributed by atoms with Crippen molar-refractivity contribution in [2.24, 2.45) is 0 Å². The number of anilines is 1. The number of halogens is 2. The first-order valence-electron chi connectivity index (χ1n) is 4.92. The maximum absolute atomic E-state index is 12.7. The molecule has 0 amide bonds. The molecule has 1 aromatic heterocycles. The van der Waals surface area contributed by atoms with Gasteiger partial charge < -0.3 is 5.32 Å². The summed E-state index contributed by atoms with van der Waals surface area (Å²) in [6, 6.07) is 8.64. The molecule has 1 nitrogen and oxygen atoms in total. The van der Waals surface area contributed by atoms with Crippen LogP contribution in [0.25, 0.3) is 0 Å². The van der Waals surface area contributed by atoms with Crippen LogP contribution in [-0.4, -0.2) is 0 Å². The lowest BCUT2D eigenvalue weighted by Gasteiger charge is -2.14. The van der Waals surface area contributed by atoms with Crippen molar-refractivity contribution in [1.29, 1.82) is 0 Å². The SMILES string of the molecule is CC(Nc1ccc(F)cc1)c1sccc1Br. The van der Waals surface area contributed by atoms with Gasteiger partial charge in [0.1, 0.15) is 5.82 Å². The Hall–Kier alpha value is -0.870. The van der Waals surface area contributed by atoms with Gasteiger partial charge in [0.2, 0.25) is 0 Å². The van der Waals surface area contributed by atoms with Crippen LogP contribution in [0.15, 0.2) is 40.2 Å². The molecule has 1 N–H and O–H groups in total. The van der Waals surface area contributed by atoms with Crippen molar-refractivity contribution < 1.29 is 4.39 Å². The Bertz CT molecular complexity index is 466. The molecule has 0 aliphatic carbocycles. The Balaban J connectivity index is 2.10. The highest BCUT2D eigenvalue weighted by atomic mass is 79.9. The van der Waals surface area contributed by atoms with Crippen LogP contribution in [0.3, 0.4) is 0 Å². The van der Waals surface area contributed by atoms with Crippen molar-refractivity contribution in [2.45, 2.75) is 13.0 Å². The molecule has 1 aromatic carbocycles. The standard InChI is InChI=1S/C12H11BrFNS/c1-8(12-11(13)6-7-16-12)15-10-4-2-9(14)3-5-10/h2-8,15H,1H3. The van der Waals surface area contributed by atoms with E-state index < -0.39 is 0 Å². The number of thiophene rings is 1. The van der Waals surface area contributed by atoms with Gasteiger partial charge in [-0.1, -0.05) is 0 Å². The minimum absolute atomic E-state index is 0.208. The van der Waals surface area contributed by atoms with Gasteiger partial charge in [0.05, 0.1) is 6.04 Å². The molecule has 84 valence electrons. The van der Waals surface area contributed by atoms with Crippen LogP contribution in [0.4, 0.5) is 10.1 Å². The lowest BCUT2D eigenvalue weighted by molar-refractivity contribution is 0.628. The van der Waals surface area contributed by atoms with E-state index in [4.69, 9.17) is 0 Å². The molecule has 0 saturated carbocycles. The molecule has 1 unspecified atom stereocenters. The molecule has 16 heavy (non-hydrogen) atoms. The fraction of sp³-hybridized carbons (Fsp3) is 0.167. The molecule has 2 rings (SSSR count). The van der Waals surface area contributed by atoms with Gasteiger partial charge in [-0.25, -0.2) is 4.39 Å². The van der Waals surface area contributed by atoms with E-state index in [0.29, 0.717) is 0 Å². The normalized spacial score (nSPS) is 12.4. The zero-order valence-electron chi connectivity index (χ0n) is 8.71. The maximum Gasteiger partial charge on any atom is 0.123 e. The van der Waals surface area contributed by atoms with Crippen molar-refractivity contribution in [3.8, 4) is 0 Å². The molecule has 0 saturated heterocycles. The fourth-order valence-corrected chi connectivity index (χ4v) is 3.20. The van der Waals surface area contributed by atoms with Crippen LogP contribution in [0.1, 0.15) is 17.8 Å². The smallest absolute Gasteiger partial charge is 0.123 e. The molecule has 0 fully saturated rings. The number of hydrogen-bond acceptors (Lipinski definition) is 2. The van der Waals surface area contributed by atoms with Crippen LogP contribution in [0.5, 0.6) is 0 Å². The van der Waals surface area contributed by atoms with Crippen LogP contribution in [0, 0.1) is 5.82 Å². The first kappa shape index (κ1) is 11.6. The van der Waals surface area contributed by atoms with Gasteiger partial charge in [-0.05, 0) is 58.6 Å². The third-order valence-corrected chi connectivity index (χ3v) is 4.32. The monoisotopic (exact) mass is 299 g/mol. The summed E-state index contributed by atoms with van der Waals surface area (Å²) in [5.41, 5.74) is 0.925. The summed E-state index contributed by atoms with van der Waals surface area (Å²) in [6.07, 6.45) is 0. The zero-order valence-corrected chi connectivity index (χ0v) is 11.1. The topological polar surface area (TPSA) is 12.0 Å². The lowest BCUT2D eigenvalue weighted by atomic mass is 10.2. The first-order valence-corrected chi connectivity index (χ1v) is 6.59. The highest BCUT2D eigenvalue weighted by molar-refractivity contribution is 9.10. The quantitative estimate of drug-likeness (QED) is 0.856. The van der Waals surface area contributed by atoms with Crippen LogP contribution in [0.2, 0.25) is 0 Å². The molecule has 2 aromatic rings. The Kier molecular flexibility index (Phi) is 3.61. The predicted molar refractivity (Wildman–Crippen MR) is 70.5 cm³/mol. The molecular formula is C12H11BrFNS. The largest absolute Gasteiger partial charge is 0.378 e. The Morgan fingerprint density at radius 1 is 1.25 bits per heavy atom. The van der Waals surface area contributed by atoms with E-state index in [-0.39, 0.29) is 11.9 Å². The van der Waals surface area contributed by atoms with E-state index in [0.717, 1.165) is 10.2 Å². The second kappa shape index (κ2) is 4.97. The van der Waals surface area contributed by atoms with Crippen LogP contribution in [-0.2, 0) is 0 Å². The van der Waals surface area contributed by atoms with Crippen molar-refractivity contribution >= 4 is 33.0 Å². The van der Waals surface area contributed by atoms with Gasteiger partial charge in [0.25, 0.3) is 0 Å². The highest BCUT2D eigenvalue weighted by Crippen LogP contribution is 2.30. The van der Waals surface area contributed by atoms with Gasteiger partial charge in [-0.2, -0.15) is 0 Å². The van der Waals surface area contributed by atoms with E-state index in [9.17, 15) is 4.39 Å². The third kappa shape index (κ3) is 2.62. The molecule has 0 radical (unpaired) electrons. The molecular weight excluding hydrogens is 289 g/mol. The van der Waals surface area contributed by atoms with Gasteiger partial charge in [0, 0.05) is 15.0 Å². The molecule has 0 aliphatic rings. The molecule has 4 heteroatoms. The van der Waals surface area contributed by atoms with Crippen LogP contribution >= 0.6 is 27.3 Å². The lowest BCUT2D eigenvalue weighted by Crippen LogP contribution is -2.05. The second-order valence-electron chi connectivity index (χ2n) is 3.51. The number of hydrogen-bond donors (Lipinski definition) is 1. The van der Waals surface area contributed by atoms with Gasteiger partial charge >= 0.3 is 0 Å². The number of rotatable bonds is 3. The van der Waals surface area contributed by atoms with Gasteiger partial charge in [-0.3, -0.25) is 0 Å². The number of benzene rings is 1. The minimum atomic E-state index is -0.212. The Morgan fingerprint density at radius 3 is 2.50 bits per heavy atom. The summed E-state index contributed by atoms with van der Waals surface area (Å²) >= 11 is 5.20. The summed E-state index contributed by atoms with van der Waals surface area (Å²) in [4.78, 5) is 1.24. The van der Waals surface area contributed by atoms with Crippen molar-refractivity contribution in [3.05, 3.63) is 50.9 Å². The van der Waals surface area contributed by atoms with Crippen molar-refractivity contribution in [1.82, 2.24) is 0 Å². The average Bonchev–Trinajstić information content (AvgIpc) is 2.68. The highest BCUT2D eigenvalue weighted by Gasteiger charge is 2.10. The van der Waals surface area contributed by atoms with E-state index in [1.54, 1.807) is 23.5 Å². The molecule has 1 atom stereocenters. The second-order valence-corrected chi connectivity index (χ2v) is 5.31. The Morgan fingerprint density at radius 2 is 1.94 bits per heavy atom. The fourth-order valence-electron chi connectivity index (χ4n) is 1.48. The predicted octanol–water partition coefficient (Wildman–Crippen LogP) is 4.82. The van der Waals surface area contributed by atoms with Gasteiger partial charge in [0.15, 0.2) is 0 Å². The maximum atomic E-state index is 12.7. The van der Waals surface area contributed by atoms with Gasteiger partial charge in [-0.15, -0.1) is 11.3 Å². The summed E-state index contributed by atoms with van der Waals surface area (Å²) in [5.74, 6) is -0.212. The third-order valence-electron chi connectivity index (χ3n) is 2.27. The van der Waals surface area contributed by atoms with E-state index in [2.05, 4.69) is 28.2 Å². The minimum Gasteiger partial charge on any atom is -0.378 e. The van der Waals surface area contributed by atoms with Crippen LogP contribution < -0.4 is 5.32 Å². The zero-order chi connectivity index (χ0) is 11.5. The summed E-state index contributed by atoms with van der Waals surface area (Å²) in [6.45, 7) is 2.08. The Labute approximate surface area is 106 Å². The van der Waals surface area contributed by atoms with E-state index >= 15 is 0 Å². The summed E-state index contributed by atoms with van der Waals surface area (Å²) in [7, 11) is 0. The van der Waals surface area contributed by atoms with Crippen molar-refractivity contribution in [3.63, 3.8) is 0 Å². The first-order chi connectivity index (χ1) is 7.66. The average molecular weight is 300 g/mol. The molecule has 1 heterocycles. The molecule has 0 bridgehead atoms. The number of nitrogens with one attached hydrogen (secondary N) is 1. The molecule has 0 aliphatic heterocycles. The van der Waals surface area contributed by atoms with E-state index in [1.165, 1.54) is 17.0 Å². The van der Waals surface area contributed by atoms with E-state index in [1.807, 2.05) is 11.4 Å². The summed E-state index contributed by atoms with van der Waals surface area (Å²) in [5, 5.41) is 5.37. The summed E-state index contributed by atoms with van der Waals surface area (Å²) < 4.78 is 13.8. The van der Waals surface area contributed by atoms with Crippen molar-refractivity contribution in [2.75, 3.05) is 5.32 Å².